The van der Waals surface area contributed by atoms with Crippen molar-refractivity contribution in [3.8, 4) is 10.6 Å². The third-order valence-corrected chi connectivity index (χ3v) is 5.80. The Morgan fingerprint density at radius 3 is 2.54 bits per heavy atom. The predicted molar refractivity (Wildman–Crippen MR) is 102 cm³/mol. The lowest BCUT2D eigenvalue weighted by molar-refractivity contribution is 0.0746. The molecule has 1 aliphatic heterocycles. The second kappa shape index (κ2) is 6.92. The summed E-state index contributed by atoms with van der Waals surface area (Å²) in [5, 5.41) is 1.01. The molecule has 0 radical (unpaired) electrons. The summed E-state index contributed by atoms with van der Waals surface area (Å²) in [4.78, 5) is 26.9. The summed E-state index contributed by atoms with van der Waals surface area (Å²) in [5.74, 6) is 0.963. The molecule has 0 unspecified atom stereocenters. The van der Waals surface area contributed by atoms with Crippen molar-refractivity contribution in [3.05, 3.63) is 53.1 Å². The van der Waals surface area contributed by atoms with E-state index < -0.39 is 0 Å². The van der Waals surface area contributed by atoms with Crippen LogP contribution in [0.15, 0.2) is 41.3 Å². The van der Waals surface area contributed by atoms with Gasteiger partial charge in [-0.15, -0.1) is 11.3 Å². The van der Waals surface area contributed by atoms with Crippen LogP contribution in [0.2, 0.25) is 0 Å². The molecule has 1 saturated heterocycles. The number of anilines is 1. The largest absolute Gasteiger partial charge is 0.472 e. The van der Waals surface area contributed by atoms with E-state index >= 15 is 0 Å². The molecule has 4 heterocycles. The standard InChI is InChI=1S/C19H20N4O2S/c1-13-14(2)26-18(21-13)15-3-4-17(20-11-15)22-6-8-23(9-7-22)19(24)16-5-10-25-12-16/h3-5,10-12H,6-9H2,1-2H3. The van der Waals surface area contributed by atoms with E-state index in [2.05, 4.69) is 27.9 Å². The summed E-state index contributed by atoms with van der Waals surface area (Å²) >= 11 is 1.69. The molecule has 1 amide bonds. The minimum absolute atomic E-state index is 0.0243. The molecule has 3 aromatic rings. The summed E-state index contributed by atoms with van der Waals surface area (Å²) in [6.45, 7) is 7.01. The van der Waals surface area contributed by atoms with Crippen LogP contribution in [0.25, 0.3) is 10.6 Å². The Hall–Kier alpha value is -2.67. The Morgan fingerprint density at radius 2 is 1.96 bits per heavy atom. The number of rotatable bonds is 3. The van der Waals surface area contributed by atoms with Crippen molar-refractivity contribution >= 4 is 23.1 Å². The minimum Gasteiger partial charge on any atom is -0.472 e. The van der Waals surface area contributed by atoms with Crippen LogP contribution in [0.3, 0.4) is 0 Å². The maximum atomic E-state index is 12.4. The zero-order chi connectivity index (χ0) is 18.1. The van der Waals surface area contributed by atoms with Crippen molar-refractivity contribution in [2.24, 2.45) is 0 Å². The number of nitrogens with zero attached hydrogens (tertiary/aromatic N) is 4. The summed E-state index contributed by atoms with van der Waals surface area (Å²) in [6, 6.07) is 5.81. The first-order chi connectivity index (χ1) is 12.6. The number of thiazole rings is 1. The maximum absolute atomic E-state index is 12.4. The summed E-state index contributed by atoms with van der Waals surface area (Å²) in [6.07, 6.45) is 4.91. The SMILES string of the molecule is Cc1nc(-c2ccc(N3CCN(C(=O)c4ccoc4)CC3)nc2)sc1C. The number of carbonyl (C=O) groups excluding carboxylic acids is 1. The van der Waals surface area contributed by atoms with Gasteiger partial charge >= 0.3 is 0 Å². The second-order valence-corrected chi connectivity index (χ2v) is 7.56. The zero-order valence-electron chi connectivity index (χ0n) is 14.8. The van der Waals surface area contributed by atoms with Crippen LogP contribution in [0.1, 0.15) is 20.9 Å². The van der Waals surface area contributed by atoms with Gasteiger partial charge in [-0.05, 0) is 32.0 Å². The Morgan fingerprint density at radius 1 is 1.15 bits per heavy atom. The third-order valence-electron chi connectivity index (χ3n) is 4.68. The highest BCUT2D eigenvalue weighted by Crippen LogP contribution is 2.28. The van der Waals surface area contributed by atoms with Crippen LogP contribution >= 0.6 is 11.3 Å². The molecule has 0 aliphatic carbocycles. The molecule has 6 nitrogen and oxygen atoms in total. The van der Waals surface area contributed by atoms with E-state index in [1.807, 2.05) is 24.1 Å². The minimum atomic E-state index is 0.0243. The molecule has 0 spiro atoms. The van der Waals surface area contributed by atoms with E-state index in [9.17, 15) is 4.79 Å². The Labute approximate surface area is 156 Å². The number of aromatic nitrogens is 2. The number of carbonyl (C=O) groups is 1. The average molecular weight is 368 g/mol. The summed E-state index contributed by atoms with van der Waals surface area (Å²) < 4.78 is 5.00. The van der Waals surface area contributed by atoms with E-state index in [-0.39, 0.29) is 5.91 Å². The lowest BCUT2D eigenvalue weighted by atomic mass is 10.2. The molecule has 4 rings (SSSR count). The highest BCUT2D eigenvalue weighted by Gasteiger charge is 2.23. The Kier molecular flexibility index (Phi) is 4.46. The molecular weight excluding hydrogens is 348 g/mol. The van der Waals surface area contributed by atoms with Gasteiger partial charge in [-0.3, -0.25) is 4.79 Å². The fourth-order valence-corrected chi connectivity index (χ4v) is 3.91. The maximum Gasteiger partial charge on any atom is 0.257 e. The highest BCUT2D eigenvalue weighted by atomic mass is 32.1. The Bertz CT molecular complexity index is 875. The summed E-state index contributed by atoms with van der Waals surface area (Å²) in [7, 11) is 0. The lowest BCUT2D eigenvalue weighted by Crippen LogP contribution is -2.49. The molecule has 1 aliphatic rings. The molecule has 0 bridgehead atoms. The quantitative estimate of drug-likeness (QED) is 0.709. The first kappa shape index (κ1) is 16.8. The van der Waals surface area contributed by atoms with Gasteiger partial charge in [0.2, 0.25) is 0 Å². The van der Waals surface area contributed by atoms with E-state index in [0.29, 0.717) is 18.7 Å². The Balaban J connectivity index is 1.41. The van der Waals surface area contributed by atoms with Gasteiger partial charge in [-0.2, -0.15) is 0 Å². The number of hydrogen-bond acceptors (Lipinski definition) is 6. The first-order valence-electron chi connectivity index (χ1n) is 8.58. The number of furan rings is 1. The molecule has 0 aromatic carbocycles. The van der Waals surface area contributed by atoms with Crippen molar-refractivity contribution in [1.82, 2.24) is 14.9 Å². The number of piperazine rings is 1. The third kappa shape index (κ3) is 3.22. The molecule has 26 heavy (non-hydrogen) atoms. The number of hydrogen-bond donors (Lipinski definition) is 0. The van der Waals surface area contributed by atoms with Crippen LogP contribution in [0.5, 0.6) is 0 Å². The van der Waals surface area contributed by atoms with Gasteiger partial charge in [0.25, 0.3) is 5.91 Å². The fraction of sp³-hybridized carbons (Fsp3) is 0.316. The highest BCUT2D eigenvalue weighted by molar-refractivity contribution is 7.15. The van der Waals surface area contributed by atoms with E-state index in [1.54, 1.807) is 17.4 Å². The van der Waals surface area contributed by atoms with Gasteiger partial charge in [0.1, 0.15) is 17.1 Å². The molecule has 0 atom stereocenters. The second-order valence-electron chi connectivity index (χ2n) is 6.36. The van der Waals surface area contributed by atoms with Crippen LogP contribution in [-0.2, 0) is 0 Å². The topological polar surface area (TPSA) is 62.5 Å². The molecular formula is C19H20N4O2S. The normalized spacial score (nSPS) is 14.7. The van der Waals surface area contributed by atoms with Gasteiger partial charge in [-0.1, -0.05) is 0 Å². The zero-order valence-corrected chi connectivity index (χ0v) is 15.6. The predicted octanol–water partition coefficient (Wildman–Crippen LogP) is 3.38. The smallest absolute Gasteiger partial charge is 0.257 e. The van der Waals surface area contributed by atoms with Crippen molar-refractivity contribution in [1.29, 1.82) is 0 Å². The van der Waals surface area contributed by atoms with Gasteiger partial charge in [0, 0.05) is 42.8 Å². The molecule has 134 valence electrons. The van der Waals surface area contributed by atoms with E-state index in [1.165, 1.54) is 17.4 Å². The van der Waals surface area contributed by atoms with Gasteiger partial charge in [0.05, 0.1) is 17.5 Å². The van der Waals surface area contributed by atoms with E-state index in [4.69, 9.17) is 4.42 Å². The number of aryl methyl sites for hydroxylation is 2. The average Bonchev–Trinajstić information content (AvgIpc) is 3.32. The number of amides is 1. The van der Waals surface area contributed by atoms with E-state index in [0.717, 1.165) is 35.2 Å². The molecule has 1 fully saturated rings. The van der Waals surface area contributed by atoms with Gasteiger partial charge in [0.15, 0.2) is 0 Å². The molecule has 0 N–H and O–H groups in total. The first-order valence-corrected chi connectivity index (χ1v) is 9.40. The van der Waals surface area contributed by atoms with Gasteiger partial charge < -0.3 is 14.2 Å². The van der Waals surface area contributed by atoms with Crippen molar-refractivity contribution < 1.29 is 9.21 Å². The number of pyridine rings is 1. The van der Waals surface area contributed by atoms with Crippen LogP contribution < -0.4 is 4.90 Å². The van der Waals surface area contributed by atoms with Crippen LogP contribution in [-0.4, -0.2) is 47.0 Å². The fourth-order valence-electron chi connectivity index (χ4n) is 3.00. The van der Waals surface area contributed by atoms with Crippen LogP contribution in [0.4, 0.5) is 5.82 Å². The van der Waals surface area contributed by atoms with Gasteiger partial charge in [-0.25, -0.2) is 9.97 Å². The molecule has 0 saturated carbocycles. The van der Waals surface area contributed by atoms with Crippen molar-refractivity contribution in [3.63, 3.8) is 0 Å². The lowest BCUT2D eigenvalue weighted by Gasteiger charge is -2.35. The molecule has 7 heteroatoms. The van der Waals surface area contributed by atoms with Crippen molar-refractivity contribution in [2.75, 3.05) is 31.1 Å². The van der Waals surface area contributed by atoms with Crippen molar-refractivity contribution in [2.45, 2.75) is 13.8 Å². The summed E-state index contributed by atoms with van der Waals surface area (Å²) in [5.41, 5.74) is 2.73. The van der Waals surface area contributed by atoms with Crippen LogP contribution in [0, 0.1) is 13.8 Å². The monoisotopic (exact) mass is 368 g/mol. The molecule has 3 aromatic heterocycles.